The second-order valence-electron chi connectivity index (χ2n) is 3.94. The number of nitrogens with zero attached hydrogens (tertiary/aromatic N) is 1. The van der Waals surface area contributed by atoms with E-state index in [1.165, 1.54) is 6.07 Å². The van der Waals surface area contributed by atoms with E-state index in [2.05, 4.69) is 0 Å². The minimum atomic E-state index is -0.316. The van der Waals surface area contributed by atoms with Gasteiger partial charge in [0.25, 0.3) is 0 Å². The molecule has 0 fully saturated rings. The molecule has 0 spiro atoms. The van der Waals surface area contributed by atoms with Crippen molar-refractivity contribution in [2.24, 2.45) is 0 Å². The minimum absolute atomic E-state index is 0.120. The van der Waals surface area contributed by atoms with Gasteiger partial charge in [-0.15, -0.1) is 0 Å². The van der Waals surface area contributed by atoms with E-state index < -0.39 is 0 Å². The fourth-order valence-electron chi connectivity index (χ4n) is 1.84. The van der Waals surface area contributed by atoms with Crippen molar-refractivity contribution in [3.8, 4) is 0 Å². The van der Waals surface area contributed by atoms with Crippen molar-refractivity contribution >= 4 is 23.0 Å². The third-order valence-corrected chi connectivity index (χ3v) is 3.03. The van der Waals surface area contributed by atoms with Gasteiger partial charge in [-0.05, 0) is 24.3 Å². The van der Waals surface area contributed by atoms with Crippen LogP contribution < -0.4 is 4.90 Å². The van der Waals surface area contributed by atoms with Crippen LogP contribution in [-0.2, 0) is 6.61 Å². The first-order chi connectivity index (χ1) is 8.63. The highest BCUT2D eigenvalue weighted by atomic mass is 35.5. The maximum absolute atomic E-state index is 13.7. The summed E-state index contributed by atoms with van der Waals surface area (Å²) in [6.07, 6.45) is 0. The summed E-state index contributed by atoms with van der Waals surface area (Å²) in [5.74, 6) is -0.316. The van der Waals surface area contributed by atoms with Crippen molar-refractivity contribution in [2.75, 3.05) is 11.9 Å². The smallest absolute Gasteiger partial charge is 0.146 e. The van der Waals surface area contributed by atoms with Crippen LogP contribution in [0.5, 0.6) is 0 Å². The predicted molar refractivity (Wildman–Crippen MR) is 71.8 cm³/mol. The van der Waals surface area contributed by atoms with Gasteiger partial charge in [0, 0.05) is 23.3 Å². The molecule has 0 bridgehead atoms. The van der Waals surface area contributed by atoms with E-state index in [0.29, 0.717) is 22.0 Å². The first kappa shape index (κ1) is 12.9. The predicted octanol–water partition coefficient (Wildman–Crippen LogP) is 3.74. The number of rotatable bonds is 3. The average Bonchev–Trinajstić information content (AvgIpc) is 2.38. The van der Waals surface area contributed by atoms with E-state index in [1.807, 2.05) is 0 Å². The molecule has 0 saturated heterocycles. The zero-order valence-electron chi connectivity index (χ0n) is 9.90. The molecule has 0 atom stereocenters. The molecule has 18 heavy (non-hydrogen) atoms. The molecule has 2 rings (SSSR count). The van der Waals surface area contributed by atoms with Gasteiger partial charge in [-0.3, -0.25) is 0 Å². The van der Waals surface area contributed by atoms with E-state index in [-0.39, 0.29) is 12.4 Å². The second kappa shape index (κ2) is 5.38. The summed E-state index contributed by atoms with van der Waals surface area (Å²) in [5, 5.41) is 9.86. The molecule has 2 aromatic rings. The number of benzene rings is 2. The Kier molecular flexibility index (Phi) is 3.84. The molecule has 0 heterocycles. The first-order valence-corrected chi connectivity index (χ1v) is 5.89. The molecule has 0 unspecified atom stereocenters. The maximum atomic E-state index is 13.7. The molecule has 2 aromatic carbocycles. The van der Waals surface area contributed by atoms with Gasteiger partial charge in [0.1, 0.15) is 5.82 Å². The third kappa shape index (κ3) is 2.47. The largest absolute Gasteiger partial charge is 0.392 e. The highest BCUT2D eigenvalue weighted by molar-refractivity contribution is 6.30. The Morgan fingerprint density at radius 3 is 2.56 bits per heavy atom. The number of halogens is 2. The van der Waals surface area contributed by atoms with Crippen LogP contribution in [0.15, 0.2) is 42.5 Å². The van der Waals surface area contributed by atoms with Gasteiger partial charge >= 0.3 is 0 Å². The zero-order chi connectivity index (χ0) is 13.1. The quantitative estimate of drug-likeness (QED) is 0.914. The molecule has 2 nitrogen and oxygen atoms in total. The molecule has 0 aromatic heterocycles. The molecular weight excluding hydrogens is 253 g/mol. The Balaban J connectivity index is 2.48. The number of anilines is 2. The summed E-state index contributed by atoms with van der Waals surface area (Å²) >= 11 is 5.94. The fourth-order valence-corrected chi connectivity index (χ4v) is 2.00. The summed E-state index contributed by atoms with van der Waals surface area (Å²) in [7, 11) is 1.74. The van der Waals surface area contributed by atoms with Crippen molar-refractivity contribution < 1.29 is 9.50 Å². The van der Waals surface area contributed by atoms with Crippen LogP contribution in [0, 0.1) is 5.82 Å². The SMILES string of the molecule is CN(c1ccccc1F)c1cc(Cl)ccc1CO. The number of hydrogen-bond donors (Lipinski definition) is 1. The van der Waals surface area contributed by atoms with Crippen LogP contribution in [0.3, 0.4) is 0 Å². The van der Waals surface area contributed by atoms with Crippen LogP contribution in [-0.4, -0.2) is 12.2 Å². The Morgan fingerprint density at radius 1 is 1.17 bits per heavy atom. The molecule has 4 heteroatoms. The highest BCUT2D eigenvalue weighted by Crippen LogP contribution is 2.31. The molecule has 1 N–H and O–H groups in total. The maximum Gasteiger partial charge on any atom is 0.146 e. The van der Waals surface area contributed by atoms with Crippen LogP contribution in [0.1, 0.15) is 5.56 Å². The molecule has 0 aliphatic carbocycles. The van der Waals surface area contributed by atoms with Crippen molar-refractivity contribution in [2.45, 2.75) is 6.61 Å². The summed E-state index contributed by atoms with van der Waals surface area (Å²) in [6.45, 7) is -0.120. The number of aliphatic hydroxyl groups is 1. The van der Waals surface area contributed by atoms with Gasteiger partial charge in [-0.1, -0.05) is 29.8 Å². The lowest BCUT2D eigenvalue weighted by molar-refractivity contribution is 0.282. The first-order valence-electron chi connectivity index (χ1n) is 5.51. The normalized spacial score (nSPS) is 10.4. The van der Waals surface area contributed by atoms with Crippen molar-refractivity contribution in [3.63, 3.8) is 0 Å². The number of hydrogen-bond acceptors (Lipinski definition) is 2. The summed E-state index contributed by atoms with van der Waals surface area (Å²) in [6, 6.07) is 11.6. The number of para-hydroxylation sites is 1. The molecule has 94 valence electrons. The lowest BCUT2D eigenvalue weighted by atomic mass is 10.1. The van der Waals surface area contributed by atoms with E-state index >= 15 is 0 Å². The molecular formula is C14H13ClFNO. The van der Waals surface area contributed by atoms with E-state index in [4.69, 9.17) is 11.6 Å². The Morgan fingerprint density at radius 2 is 1.89 bits per heavy atom. The Bertz CT molecular complexity index is 559. The lowest BCUT2D eigenvalue weighted by Crippen LogP contribution is -2.13. The monoisotopic (exact) mass is 265 g/mol. The highest BCUT2D eigenvalue weighted by Gasteiger charge is 2.12. The van der Waals surface area contributed by atoms with E-state index in [1.54, 1.807) is 48.3 Å². The van der Waals surface area contributed by atoms with Crippen LogP contribution >= 0.6 is 11.6 Å². The topological polar surface area (TPSA) is 23.5 Å². The fraction of sp³-hybridized carbons (Fsp3) is 0.143. The Hall–Kier alpha value is -1.58. The van der Waals surface area contributed by atoms with Gasteiger partial charge in [0.2, 0.25) is 0 Å². The minimum Gasteiger partial charge on any atom is -0.392 e. The average molecular weight is 266 g/mol. The van der Waals surface area contributed by atoms with Gasteiger partial charge in [-0.25, -0.2) is 4.39 Å². The van der Waals surface area contributed by atoms with Gasteiger partial charge in [-0.2, -0.15) is 0 Å². The van der Waals surface area contributed by atoms with Crippen molar-refractivity contribution in [1.29, 1.82) is 0 Å². The Labute approximate surface area is 110 Å². The summed E-state index contributed by atoms with van der Waals surface area (Å²) in [5.41, 5.74) is 1.83. The second-order valence-corrected chi connectivity index (χ2v) is 4.38. The standard InChI is InChI=1S/C14H13ClFNO/c1-17(13-5-3-2-4-12(13)16)14-8-11(15)7-6-10(14)9-18/h2-8,18H,9H2,1H3. The van der Waals surface area contributed by atoms with Crippen molar-refractivity contribution in [1.82, 2.24) is 0 Å². The molecule has 0 aliphatic rings. The van der Waals surface area contributed by atoms with Crippen LogP contribution in [0.2, 0.25) is 5.02 Å². The van der Waals surface area contributed by atoms with Crippen molar-refractivity contribution in [3.05, 3.63) is 58.9 Å². The summed E-state index contributed by atoms with van der Waals surface area (Å²) in [4.78, 5) is 1.67. The molecule has 0 radical (unpaired) electrons. The third-order valence-electron chi connectivity index (χ3n) is 2.79. The molecule has 0 aliphatic heterocycles. The van der Waals surface area contributed by atoms with Gasteiger partial charge in [0.05, 0.1) is 12.3 Å². The number of aliphatic hydroxyl groups excluding tert-OH is 1. The zero-order valence-corrected chi connectivity index (χ0v) is 10.7. The lowest BCUT2D eigenvalue weighted by Gasteiger charge is -2.22. The van der Waals surface area contributed by atoms with E-state index in [0.717, 1.165) is 0 Å². The van der Waals surface area contributed by atoms with Gasteiger partial charge < -0.3 is 10.0 Å². The molecule has 0 amide bonds. The molecule has 0 saturated carbocycles. The van der Waals surface area contributed by atoms with E-state index in [9.17, 15) is 9.50 Å². The summed E-state index contributed by atoms with van der Waals surface area (Å²) < 4.78 is 13.7. The van der Waals surface area contributed by atoms with Gasteiger partial charge in [0.15, 0.2) is 0 Å². The van der Waals surface area contributed by atoms with Crippen LogP contribution in [0.25, 0.3) is 0 Å². The van der Waals surface area contributed by atoms with Crippen LogP contribution in [0.4, 0.5) is 15.8 Å².